The molecule has 3 rings (SSSR count). The van der Waals surface area contributed by atoms with E-state index in [1.807, 2.05) is 43.3 Å². The van der Waals surface area contributed by atoms with E-state index in [2.05, 4.69) is 32.9 Å². The molecule has 33 heavy (non-hydrogen) atoms. The molecule has 0 unspecified atom stereocenters. The minimum atomic E-state index is -0.0557. The van der Waals surface area contributed by atoms with E-state index >= 15 is 0 Å². The van der Waals surface area contributed by atoms with Gasteiger partial charge in [0.2, 0.25) is 0 Å². The van der Waals surface area contributed by atoms with Gasteiger partial charge in [0.25, 0.3) is 5.91 Å². The Hall–Kier alpha value is -2.51. The van der Waals surface area contributed by atoms with Gasteiger partial charge in [-0.15, -0.1) is 0 Å². The number of nitrogens with zero attached hydrogens (tertiary/aromatic N) is 1. The summed E-state index contributed by atoms with van der Waals surface area (Å²) in [4.78, 5) is 14.6. The number of amides is 1. The number of thiocarbonyl (C=S) groups is 1. The van der Waals surface area contributed by atoms with Crippen LogP contribution in [0.2, 0.25) is 0 Å². The lowest BCUT2D eigenvalue weighted by atomic mass is 9.87. The van der Waals surface area contributed by atoms with Gasteiger partial charge in [0, 0.05) is 13.0 Å². The van der Waals surface area contributed by atoms with Crippen LogP contribution in [-0.4, -0.2) is 42.0 Å². The lowest BCUT2D eigenvalue weighted by molar-refractivity contribution is -0.121. The normalized spacial score (nSPS) is 15.3. The molecule has 1 aliphatic heterocycles. The number of thioether (sulfide) groups is 1. The average Bonchev–Trinajstić information content (AvgIpc) is 3.05. The van der Waals surface area contributed by atoms with Gasteiger partial charge >= 0.3 is 0 Å². The first kappa shape index (κ1) is 25.1. The van der Waals surface area contributed by atoms with Crippen LogP contribution in [-0.2, 0) is 10.2 Å². The van der Waals surface area contributed by atoms with Crippen LogP contribution < -0.4 is 14.2 Å². The predicted octanol–water partition coefficient (Wildman–Crippen LogP) is 6.06. The Balaban J connectivity index is 1.52. The van der Waals surface area contributed by atoms with E-state index in [4.69, 9.17) is 26.4 Å². The van der Waals surface area contributed by atoms with Crippen LogP contribution in [0.3, 0.4) is 0 Å². The maximum absolute atomic E-state index is 12.4. The lowest BCUT2D eigenvalue weighted by Gasteiger charge is -2.19. The molecule has 176 valence electrons. The summed E-state index contributed by atoms with van der Waals surface area (Å²) in [6.07, 6.45) is 2.57. The standard InChI is InChI=1S/C26H31NO4S2/c1-6-27-24(28)23(33-25(27)32)17-18-8-13-21(22(16-18)29-5)31-15-7-14-30-20-11-9-19(10-12-20)26(2,3)4/h8-13,16-17H,6-7,14-15H2,1-5H3/b23-17-. The van der Waals surface area contributed by atoms with Gasteiger partial charge in [-0.25, -0.2) is 0 Å². The van der Waals surface area contributed by atoms with E-state index in [1.54, 1.807) is 12.0 Å². The number of rotatable bonds is 9. The van der Waals surface area contributed by atoms with Crippen LogP contribution >= 0.6 is 24.0 Å². The maximum atomic E-state index is 12.4. The van der Waals surface area contributed by atoms with E-state index in [0.717, 1.165) is 17.7 Å². The van der Waals surface area contributed by atoms with Crippen molar-refractivity contribution in [2.24, 2.45) is 0 Å². The first-order valence-electron chi connectivity index (χ1n) is 11.0. The Morgan fingerprint density at radius 1 is 1.03 bits per heavy atom. The van der Waals surface area contributed by atoms with Crippen LogP contribution in [0.1, 0.15) is 45.2 Å². The van der Waals surface area contributed by atoms with Crippen LogP contribution in [0.5, 0.6) is 17.2 Å². The Morgan fingerprint density at radius 2 is 1.73 bits per heavy atom. The number of likely N-dealkylation sites (N-methyl/N-ethyl adjacent to an activating group) is 1. The second-order valence-electron chi connectivity index (χ2n) is 8.66. The van der Waals surface area contributed by atoms with Gasteiger partial charge in [-0.2, -0.15) is 0 Å². The van der Waals surface area contributed by atoms with E-state index in [1.165, 1.54) is 17.3 Å². The van der Waals surface area contributed by atoms with Gasteiger partial charge in [-0.3, -0.25) is 9.69 Å². The molecule has 1 saturated heterocycles. The molecular formula is C26H31NO4S2. The van der Waals surface area contributed by atoms with Crippen molar-refractivity contribution in [3.63, 3.8) is 0 Å². The van der Waals surface area contributed by atoms with Gasteiger partial charge < -0.3 is 14.2 Å². The number of hydrogen-bond donors (Lipinski definition) is 0. The summed E-state index contributed by atoms with van der Waals surface area (Å²) in [5, 5.41) is 0. The monoisotopic (exact) mass is 485 g/mol. The largest absolute Gasteiger partial charge is 0.493 e. The van der Waals surface area contributed by atoms with Crippen LogP contribution in [0, 0.1) is 0 Å². The zero-order valence-electron chi connectivity index (χ0n) is 19.8. The third-order valence-corrected chi connectivity index (χ3v) is 6.59. The van der Waals surface area contributed by atoms with Crippen LogP contribution in [0.15, 0.2) is 47.4 Å². The molecule has 0 aliphatic carbocycles. The molecule has 0 radical (unpaired) electrons. The Labute approximate surface area is 206 Å². The number of benzene rings is 2. The predicted molar refractivity (Wildman–Crippen MR) is 139 cm³/mol. The van der Waals surface area contributed by atoms with E-state index in [-0.39, 0.29) is 11.3 Å². The van der Waals surface area contributed by atoms with Crippen molar-refractivity contribution in [3.05, 3.63) is 58.5 Å². The first-order chi connectivity index (χ1) is 15.7. The van der Waals surface area contributed by atoms with Gasteiger partial charge in [-0.1, -0.05) is 63.0 Å². The SMILES string of the molecule is CCN1C(=O)/C(=C/c2ccc(OCCCOc3ccc(C(C)(C)C)cc3)c(OC)c2)SC1=S. The number of carbonyl (C=O) groups excluding carboxylic acids is 1. The molecule has 2 aromatic carbocycles. The summed E-state index contributed by atoms with van der Waals surface area (Å²) >= 11 is 6.59. The molecule has 7 heteroatoms. The molecule has 1 fully saturated rings. The van der Waals surface area contributed by atoms with Crippen LogP contribution in [0.25, 0.3) is 6.08 Å². The average molecular weight is 486 g/mol. The maximum Gasteiger partial charge on any atom is 0.266 e. The van der Waals surface area contributed by atoms with Crippen molar-refractivity contribution in [1.82, 2.24) is 4.90 Å². The van der Waals surface area contributed by atoms with Crippen molar-refractivity contribution in [2.45, 2.75) is 39.5 Å². The topological polar surface area (TPSA) is 48.0 Å². The summed E-state index contributed by atoms with van der Waals surface area (Å²) in [5.74, 6) is 2.08. The number of carbonyl (C=O) groups is 1. The minimum absolute atomic E-state index is 0.0557. The van der Waals surface area contributed by atoms with Crippen molar-refractivity contribution < 1.29 is 19.0 Å². The molecular weight excluding hydrogens is 454 g/mol. The molecule has 1 amide bonds. The van der Waals surface area contributed by atoms with E-state index in [9.17, 15) is 4.79 Å². The van der Waals surface area contributed by atoms with E-state index in [0.29, 0.717) is 40.5 Å². The number of methoxy groups -OCH3 is 1. The fourth-order valence-electron chi connectivity index (χ4n) is 3.30. The summed E-state index contributed by atoms with van der Waals surface area (Å²) in [7, 11) is 1.60. The minimum Gasteiger partial charge on any atom is -0.493 e. The molecule has 2 aromatic rings. The Kier molecular flexibility index (Phi) is 8.43. The van der Waals surface area contributed by atoms with E-state index < -0.39 is 0 Å². The molecule has 0 N–H and O–H groups in total. The third-order valence-electron chi connectivity index (χ3n) is 5.21. The Bertz CT molecular complexity index is 1030. The van der Waals surface area contributed by atoms with Crippen molar-refractivity contribution in [2.75, 3.05) is 26.9 Å². The molecule has 1 aliphatic rings. The highest BCUT2D eigenvalue weighted by Gasteiger charge is 2.30. The highest BCUT2D eigenvalue weighted by Crippen LogP contribution is 2.34. The molecule has 0 saturated carbocycles. The number of ether oxygens (including phenoxy) is 3. The van der Waals surface area contributed by atoms with Gasteiger partial charge in [0.05, 0.1) is 25.2 Å². The zero-order valence-corrected chi connectivity index (χ0v) is 21.5. The molecule has 1 heterocycles. The zero-order chi connectivity index (χ0) is 24.0. The summed E-state index contributed by atoms with van der Waals surface area (Å²) in [6.45, 7) is 10.1. The number of hydrogen-bond acceptors (Lipinski definition) is 6. The van der Waals surface area contributed by atoms with Gasteiger partial charge in [0.15, 0.2) is 11.5 Å². The molecule has 0 bridgehead atoms. The molecule has 0 aromatic heterocycles. The Morgan fingerprint density at radius 3 is 2.33 bits per heavy atom. The van der Waals surface area contributed by atoms with Gasteiger partial charge in [-0.05, 0) is 53.8 Å². The second-order valence-corrected chi connectivity index (χ2v) is 10.3. The second kappa shape index (κ2) is 11.1. The van der Waals surface area contributed by atoms with Crippen molar-refractivity contribution >= 4 is 40.3 Å². The highest BCUT2D eigenvalue weighted by atomic mass is 32.2. The van der Waals surface area contributed by atoms with Crippen molar-refractivity contribution in [3.8, 4) is 17.2 Å². The summed E-state index contributed by atoms with van der Waals surface area (Å²) < 4.78 is 17.8. The fraction of sp³-hybridized carbons (Fsp3) is 0.385. The quantitative estimate of drug-likeness (QED) is 0.244. The molecule has 0 atom stereocenters. The third kappa shape index (κ3) is 6.51. The molecule has 5 nitrogen and oxygen atoms in total. The highest BCUT2D eigenvalue weighted by molar-refractivity contribution is 8.26. The smallest absolute Gasteiger partial charge is 0.266 e. The first-order valence-corrected chi connectivity index (χ1v) is 12.2. The van der Waals surface area contributed by atoms with Crippen molar-refractivity contribution in [1.29, 1.82) is 0 Å². The lowest BCUT2D eigenvalue weighted by Crippen LogP contribution is -2.27. The molecule has 0 spiro atoms. The summed E-state index contributed by atoms with van der Waals surface area (Å²) in [5.41, 5.74) is 2.27. The van der Waals surface area contributed by atoms with Gasteiger partial charge in [0.1, 0.15) is 10.1 Å². The summed E-state index contributed by atoms with van der Waals surface area (Å²) in [6, 6.07) is 13.9. The fourth-order valence-corrected chi connectivity index (χ4v) is 4.68. The van der Waals surface area contributed by atoms with Crippen LogP contribution in [0.4, 0.5) is 0 Å².